The van der Waals surface area contributed by atoms with Gasteiger partial charge in [-0.2, -0.15) is 0 Å². The van der Waals surface area contributed by atoms with Crippen LogP contribution in [0.5, 0.6) is 0 Å². The summed E-state index contributed by atoms with van der Waals surface area (Å²) in [7, 11) is 0. The summed E-state index contributed by atoms with van der Waals surface area (Å²) in [5.41, 5.74) is 0.936. The van der Waals surface area contributed by atoms with Crippen LogP contribution in [0.15, 0.2) is 12.5 Å². The van der Waals surface area contributed by atoms with Gasteiger partial charge in [0.2, 0.25) is 0 Å². The minimum absolute atomic E-state index is 0.0702. The van der Waals surface area contributed by atoms with Crippen LogP contribution < -0.4 is 5.32 Å². The highest BCUT2D eigenvalue weighted by Crippen LogP contribution is 2.03. The third-order valence-electron chi connectivity index (χ3n) is 1.75. The van der Waals surface area contributed by atoms with Crippen molar-refractivity contribution in [1.29, 1.82) is 0 Å². The first-order valence-corrected chi connectivity index (χ1v) is 3.75. The van der Waals surface area contributed by atoms with Crippen LogP contribution in [0.2, 0.25) is 0 Å². The monoisotopic (exact) mass is 167 g/mol. The van der Waals surface area contributed by atoms with Gasteiger partial charge in [-0.15, -0.1) is 0 Å². The van der Waals surface area contributed by atoms with Crippen molar-refractivity contribution >= 4 is 6.09 Å². The number of H-pyrrole nitrogens is 1. The molecule has 1 unspecified atom stereocenters. The van der Waals surface area contributed by atoms with Crippen LogP contribution in [0, 0.1) is 0 Å². The summed E-state index contributed by atoms with van der Waals surface area (Å²) in [4.78, 5) is 17.5. The lowest BCUT2D eigenvalue weighted by atomic mass is 10.2. The molecule has 1 saturated heterocycles. The second kappa shape index (κ2) is 2.84. The number of carbonyl (C=O) groups excluding carboxylic acids is 1. The Balaban J connectivity index is 1.92. The average Bonchev–Trinajstić information content (AvgIpc) is 2.63. The maximum absolute atomic E-state index is 10.6. The van der Waals surface area contributed by atoms with Gasteiger partial charge in [0, 0.05) is 12.6 Å². The summed E-state index contributed by atoms with van der Waals surface area (Å²) < 4.78 is 4.73. The predicted molar refractivity (Wildman–Crippen MR) is 40.6 cm³/mol. The van der Waals surface area contributed by atoms with Crippen molar-refractivity contribution in [2.24, 2.45) is 0 Å². The minimum atomic E-state index is -0.337. The van der Waals surface area contributed by atoms with Gasteiger partial charge in [0.25, 0.3) is 0 Å². The third-order valence-corrected chi connectivity index (χ3v) is 1.75. The second-order valence-corrected chi connectivity index (χ2v) is 2.70. The van der Waals surface area contributed by atoms with Crippen LogP contribution in [-0.2, 0) is 11.2 Å². The van der Waals surface area contributed by atoms with Crippen LogP contribution in [0.25, 0.3) is 0 Å². The lowest BCUT2D eigenvalue weighted by Crippen LogP contribution is -2.28. The Labute approximate surface area is 69.1 Å². The van der Waals surface area contributed by atoms with Gasteiger partial charge in [0.1, 0.15) is 6.61 Å². The number of ether oxygens (including phenoxy) is 1. The molecular formula is C7H9N3O2. The Bertz CT molecular complexity index is 270. The molecule has 1 aromatic rings. The number of hydrogen-bond donors (Lipinski definition) is 2. The van der Waals surface area contributed by atoms with Gasteiger partial charge in [0.05, 0.1) is 18.1 Å². The van der Waals surface area contributed by atoms with E-state index in [2.05, 4.69) is 15.3 Å². The number of rotatable bonds is 2. The molecule has 1 aromatic heterocycles. The zero-order valence-corrected chi connectivity index (χ0v) is 6.41. The molecule has 0 saturated carbocycles. The van der Waals surface area contributed by atoms with Crippen molar-refractivity contribution in [2.75, 3.05) is 6.61 Å². The molecule has 1 atom stereocenters. The van der Waals surface area contributed by atoms with Crippen LogP contribution >= 0.6 is 0 Å². The van der Waals surface area contributed by atoms with Gasteiger partial charge in [-0.3, -0.25) is 0 Å². The molecule has 2 rings (SSSR count). The molecule has 1 aliphatic heterocycles. The molecular weight excluding hydrogens is 158 g/mol. The molecule has 64 valence electrons. The molecule has 2 heterocycles. The third kappa shape index (κ3) is 1.39. The number of amides is 1. The Morgan fingerprint density at radius 3 is 3.25 bits per heavy atom. The zero-order valence-electron chi connectivity index (χ0n) is 6.41. The Morgan fingerprint density at radius 2 is 2.67 bits per heavy atom. The molecule has 2 N–H and O–H groups in total. The second-order valence-electron chi connectivity index (χ2n) is 2.70. The fourth-order valence-electron chi connectivity index (χ4n) is 1.19. The normalized spacial score (nSPS) is 22.0. The minimum Gasteiger partial charge on any atom is -0.447 e. The fraction of sp³-hybridized carbons (Fsp3) is 0.429. The molecule has 5 heteroatoms. The van der Waals surface area contributed by atoms with Crippen LogP contribution in [0.3, 0.4) is 0 Å². The highest BCUT2D eigenvalue weighted by atomic mass is 16.6. The van der Waals surface area contributed by atoms with Crippen molar-refractivity contribution in [3.05, 3.63) is 18.2 Å². The number of nitrogens with zero attached hydrogens (tertiary/aromatic N) is 1. The van der Waals surface area contributed by atoms with E-state index in [-0.39, 0.29) is 12.1 Å². The van der Waals surface area contributed by atoms with E-state index in [0.29, 0.717) is 6.61 Å². The molecule has 0 bridgehead atoms. The topological polar surface area (TPSA) is 67.0 Å². The summed E-state index contributed by atoms with van der Waals surface area (Å²) >= 11 is 0. The average molecular weight is 167 g/mol. The molecule has 12 heavy (non-hydrogen) atoms. The zero-order chi connectivity index (χ0) is 8.39. The van der Waals surface area contributed by atoms with Gasteiger partial charge in [0.15, 0.2) is 0 Å². The number of alkyl carbamates (subject to hydrolysis) is 1. The van der Waals surface area contributed by atoms with Gasteiger partial charge in [-0.1, -0.05) is 0 Å². The molecule has 0 radical (unpaired) electrons. The highest BCUT2D eigenvalue weighted by molar-refractivity contribution is 5.69. The van der Waals surface area contributed by atoms with E-state index >= 15 is 0 Å². The number of aromatic nitrogens is 2. The highest BCUT2D eigenvalue weighted by Gasteiger charge is 2.22. The summed E-state index contributed by atoms with van der Waals surface area (Å²) in [6, 6.07) is 0.0702. The van der Waals surface area contributed by atoms with Crippen molar-refractivity contribution in [2.45, 2.75) is 12.5 Å². The van der Waals surface area contributed by atoms with Gasteiger partial charge in [-0.25, -0.2) is 9.78 Å². The summed E-state index contributed by atoms with van der Waals surface area (Å²) in [5.74, 6) is 0. The van der Waals surface area contributed by atoms with E-state index in [1.165, 1.54) is 0 Å². The summed E-state index contributed by atoms with van der Waals surface area (Å²) in [6.45, 7) is 0.436. The quantitative estimate of drug-likeness (QED) is 0.654. The Kier molecular flexibility index (Phi) is 1.69. The van der Waals surface area contributed by atoms with Gasteiger partial charge in [-0.05, 0) is 0 Å². The largest absolute Gasteiger partial charge is 0.447 e. The Morgan fingerprint density at radius 1 is 1.75 bits per heavy atom. The summed E-state index contributed by atoms with van der Waals surface area (Å²) in [5, 5.41) is 2.68. The van der Waals surface area contributed by atoms with E-state index < -0.39 is 0 Å². The number of cyclic esters (lactones) is 1. The molecule has 0 spiro atoms. The van der Waals surface area contributed by atoms with E-state index in [4.69, 9.17) is 4.74 Å². The summed E-state index contributed by atoms with van der Waals surface area (Å²) in [6.07, 6.45) is 3.81. The van der Waals surface area contributed by atoms with E-state index in [1.807, 2.05) is 6.20 Å². The van der Waals surface area contributed by atoms with Crippen molar-refractivity contribution in [3.8, 4) is 0 Å². The van der Waals surface area contributed by atoms with Crippen molar-refractivity contribution in [1.82, 2.24) is 15.3 Å². The van der Waals surface area contributed by atoms with Crippen LogP contribution in [0.1, 0.15) is 5.69 Å². The lowest BCUT2D eigenvalue weighted by molar-refractivity contribution is 0.177. The first kappa shape index (κ1) is 7.15. The van der Waals surface area contributed by atoms with Crippen molar-refractivity contribution < 1.29 is 9.53 Å². The maximum Gasteiger partial charge on any atom is 0.407 e. The smallest absolute Gasteiger partial charge is 0.407 e. The van der Waals surface area contributed by atoms with E-state index in [0.717, 1.165) is 12.1 Å². The van der Waals surface area contributed by atoms with Crippen LogP contribution in [-0.4, -0.2) is 28.7 Å². The van der Waals surface area contributed by atoms with Crippen LogP contribution in [0.4, 0.5) is 4.79 Å². The molecule has 0 aromatic carbocycles. The Hall–Kier alpha value is -1.52. The number of nitrogens with one attached hydrogen (secondary N) is 2. The van der Waals surface area contributed by atoms with E-state index in [9.17, 15) is 4.79 Å². The lowest BCUT2D eigenvalue weighted by Gasteiger charge is -2.02. The number of imidazole rings is 1. The predicted octanol–water partition coefficient (Wildman–Crippen LogP) is 0.0606. The van der Waals surface area contributed by atoms with Gasteiger partial charge >= 0.3 is 6.09 Å². The standard InChI is InChI=1S/C7H9N3O2/c11-7-10-6(3-12-7)1-5-2-8-4-9-5/h2,4,6H,1,3H2,(H,8,9)(H,10,11). The SMILES string of the molecule is O=C1NC(Cc2c[nH]cn2)CO1. The maximum atomic E-state index is 10.6. The molecule has 1 fully saturated rings. The number of hydrogen-bond acceptors (Lipinski definition) is 3. The number of aromatic amines is 1. The fourth-order valence-corrected chi connectivity index (χ4v) is 1.19. The van der Waals surface area contributed by atoms with E-state index in [1.54, 1.807) is 6.33 Å². The molecule has 0 aliphatic carbocycles. The van der Waals surface area contributed by atoms with Gasteiger partial charge < -0.3 is 15.0 Å². The number of carbonyl (C=O) groups is 1. The first-order valence-electron chi connectivity index (χ1n) is 3.75. The molecule has 1 amide bonds. The first-order chi connectivity index (χ1) is 5.84. The molecule has 5 nitrogen and oxygen atoms in total. The molecule has 1 aliphatic rings. The van der Waals surface area contributed by atoms with Crippen molar-refractivity contribution in [3.63, 3.8) is 0 Å².